The fourth-order valence-electron chi connectivity index (χ4n) is 3.74. The maximum absolute atomic E-state index is 13.1. The van der Waals surface area contributed by atoms with Crippen molar-refractivity contribution in [2.45, 2.75) is 18.4 Å². The molecule has 27 heavy (non-hydrogen) atoms. The molecule has 0 aromatic heterocycles. The Kier molecular flexibility index (Phi) is 5.23. The monoisotopic (exact) mass is 367 g/mol. The summed E-state index contributed by atoms with van der Waals surface area (Å²) in [5.74, 6) is 0.473. The van der Waals surface area contributed by atoms with Crippen LogP contribution in [0.2, 0.25) is 0 Å². The van der Waals surface area contributed by atoms with Crippen LogP contribution in [0.3, 0.4) is 0 Å². The third-order valence-corrected chi connectivity index (χ3v) is 5.68. The van der Waals surface area contributed by atoms with Crippen LogP contribution >= 0.6 is 0 Å². The number of benzene rings is 2. The molecule has 0 radical (unpaired) electrons. The molecular formula is C22H26FN3O. The molecule has 2 aromatic carbocycles. The Balaban J connectivity index is 1.27. The molecule has 1 aliphatic heterocycles. The summed E-state index contributed by atoms with van der Waals surface area (Å²) in [5, 5.41) is 3.42. The number of piperazine rings is 1. The van der Waals surface area contributed by atoms with Gasteiger partial charge in [-0.2, -0.15) is 0 Å². The van der Waals surface area contributed by atoms with Crippen molar-refractivity contribution < 1.29 is 9.18 Å². The van der Waals surface area contributed by atoms with Crippen LogP contribution in [-0.4, -0.2) is 61.5 Å². The summed E-state index contributed by atoms with van der Waals surface area (Å²) in [7, 11) is 2.09. The van der Waals surface area contributed by atoms with Gasteiger partial charge in [0.1, 0.15) is 5.82 Å². The number of nitrogens with one attached hydrogen (secondary N) is 1. The van der Waals surface area contributed by atoms with Gasteiger partial charge in [-0.15, -0.1) is 0 Å². The summed E-state index contributed by atoms with van der Waals surface area (Å²) in [5.41, 5.74) is 3.41. The van der Waals surface area contributed by atoms with Crippen molar-refractivity contribution in [2.24, 2.45) is 0 Å². The van der Waals surface area contributed by atoms with E-state index in [4.69, 9.17) is 0 Å². The first-order valence-electron chi connectivity index (χ1n) is 9.66. The minimum Gasteiger partial charge on any atom is -0.339 e. The van der Waals surface area contributed by atoms with E-state index in [0.29, 0.717) is 18.5 Å². The Labute approximate surface area is 160 Å². The molecule has 0 spiro atoms. The first-order chi connectivity index (χ1) is 13.1. The molecular weight excluding hydrogens is 341 g/mol. The van der Waals surface area contributed by atoms with E-state index in [2.05, 4.69) is 41.5 Å². The van der Waals surface area contributed by atoms with Crippen molar-refractivity contribution in [1.82, 2.24) is 15.1 Å². The summed E-state index contributed by atoms with van der Waals surface area (Å²) in [6, 6.07) is 15.4. The van der Waals surface area contributed by atoms with Crippen molar-refractivity contribution in [3.05, 3.63) is 59.9 Å². The highest BCUT2D eigenvalue weighted by atomic mass is 19.1. The summed E-state index contributed by atoms with van der Waals surface area (Å²) in [4.78, 5) is 16.5. The zero-order valence-corrected chi connectivity index (χ0v) is 15.7. The van der Waals surface area contributed by atoms with Crippen LogP contribution in [0.4, 0.5) is 4.39 Å². The van der Waals surface area contributed by atoms with Gasteiger partial charge in [0.15, 0.2) is 0 Å². The van der Waals surface area contributed by atoms with Gasteiger partial charge in [-0.25, -0.2) is 4.39 Å². The van der Waals surface area contributed by atoms with Crippen molar-refractivity contribution in [3.63, 3.8) is 0 Å². The van der Waals surface area contributed by atoms with E-state index < -0.39 is 0 Å². The summed E-state index contributed by atoms with van der Waals surface area (Å²) < 4.78 is 13.1. The van der Waals surface area contributed by atoms with E-state index in [1.54, 1.807) is 12.1 Å². The normalized spacial score (nSPS) is 22.7. The van der Waals surface area contributed by atoms with Gasteiger partial charge in [0.05, 0.1) is 6.54 Å². The number of amides is 1. The fourth-order valence-corrected chi connectivity index (χ4v) is 3.74. The predicted octanol–water partition coefficient (Wildman–Crippen LogP) is 2.71. The number of carbonyl (C=O) groups excluding carboxylic acids is 1. The number of halogens is 1. The number of likely N-dealkylation sites (N-methyl/N-ethyl adjacent to an activating group) is 1. The summed E-state index contributed by atoms with van der Waals surface area (Å²) in [6.07, 6.45) is 1.08. The Bertz CT molecular complexity index is 782. The SMILES string of the molecule is CN1CCN(C(=O)CNC2CC2c2ccc(-c3ccc(F)cc3)cc2)CC1. The minimum absolute atomic E-state index is 0.209. The summed E-state index contributed by atoms with van der Waals surface area (Å²) in [6.45, 7) is 4.00. The summed E-state index contributed by atoms with van der Waals surface area (Å²) >= 11 is 0. The lowest BCUT2D eigenvalue weighted by Crippen LogP contribution is -2.49. The molecule has 4 nitrogen and oxygen atoms in total. The molecule has 1 saturated carbocycles. The predicted molar refractivity (Wildman–Crippen MR) is 105 cm³/mol. The smallest absolute Gasteiger partial charge is 0.236 e. The first kappa shape index (κ1) is 18.1. The van der Waals surface area contributed by atoms with Gasteiger partial charge in [-0.1, -0.05) is 36.4 Å². The maximum Gasteiger partial charge on any atom is 0.236 e. The Morgan fingerprint density at radius 2 is 1.59 bits per heavy atom. The van der Waals surface area contributed by atoms with Crippen molar-refractivity contribution in [3.8, 4) is 11.1 Å². The van der Waals surface area contributed by atoms with Crippen LogP contribution in [0.25, 0.3) is 11.1 Å². The van der Waals surface area contributed by atoms with Gasteiger partial charge in [0.25, 0.3) is 0 Å². The second-order valence-corrected chi connectivity index (χ2v) is 7.64. The number of nitrogens with zero attached hydrogens (tertiary/aromatic N) is 2. The second-order valence-electron chi connectivity index (χ2n) is 7.64. The average Bonchev–Trinajstić information content (AvgIpc) is 3.47. The van der Waals surface area contributed by atoms with Crippen molar-refractivity contribution >= 4 is 5.91 Å². The fraction of sp³-hybridized carbons (Fsp3) is 0.409. The molecule has 1 amide bonds. The molecule has 1 heterocycles. The van der Waals surface area contributed by atoms with Gasteiger partial charge in [-0.05, 0) is 42.3 Å². The highest BCUT2D eigenvalue weighted by Crippen LogP contribution is 2.41. The van der Waals surface area contributed by atoms with Crippen LogP contribution in [0, 0.1) is 5.82 Å². The van der Waals surface area contributed by atoms with E-state index in [9.17, 15) is 9.18 Å². The molecule has 1 N–H and O–H groups in total. The lowest BCUT2D eigenvalue weighted by atomic mass is 10.0. The quantitative estimate of drug-likeness (QED) is 0.883. The number of hydrogen-bond acceptors (Lipinski definition) is 3. The van der Waals surface area contributed by atoms with Gasteiger partial charge < -0.3 is 15.1 Å². The Morgan fingerprint density at radius 1 is 1.00 bits per heavy atom. The molecule has 142 valence electrons. The Morgan fingerprint density at radius 3 is 2.22 bits per heavy atom. The third kappa shape index (κ3) is 4.37. The van der Waals surface area contributed by atoms with Crippen LogP contribution in [0.5, 0.6) is 0 Å². The highest BCUT2D eigenvalue weighted by Gasteiger charge is 2.38. The first-order valence-corrected chi connectivity index (χ1v) is 9.66. The lowest BCUT2D eigenvalue weighted by molar-refractivity contribution is -0.131. The van der Waals surface area contributed by atoms with Crippen LogP contribution < -0.4 is 5.32 Å². The Hall–Kier alpha value is -2.24. The zero-order valence-electron chi connectivity index (χ0n) is 15.7. The molecule has 4 rings (SSSR count). The molecule has 2 aliphatic rings. The average molecular weight is 367 g/mol. The number of hydrogen-bond donors (Lipinski definition) is 1. The van der Waals surface area contributed by atoms with E-state index >= 15 is 0 Å². The largest absolute Gasteiger partial charge is 0.339 e. The maximum atomic E-state index is 13.1. The standard InChI is InChI=1S/C22H26FN3O/c1-25-10-12-26(13-11-25)22(27)15-24-21-14-20(21)18-4-2-16(3-5-18)17-6-8-19(23)9-7-17/h2-9,20-21,24H,10-15H2,1H3. The molecule has 1 saturated heterocycles. The lowest BCUT2D eigenvalue weighted by Gasteiger charge is -2.32. The van der Waals surface area contributed by atoms with Crippen LogP contribution in [0.15, 0.2) is 48.5 Å². The van der Waals surface area contributed by atoms with Crippen molar-refractivity contribution in [2.75, 3.05) is 39.8 Å². The molecule has 5 heteroatoms. The van der Waals surface area contributed by atoms with E-state index in [1.165, 1.54) is 17.7 Å². The molecule has 2 fully saturated rings. The van der Waals surface area contributed by atoms with E-state index in [-0.39, 0.29) is 11.7 Å². The molecule has 0 bridgehead atoms. The third-order valence-electron chi connectivity index (χ3n) is 5.68. The minimum atomic E-state index is -0.214. The zero-order chi connectivity index (χ0) is 18.8. The topological polar surface area (TPSA) is 35.6 Å². The van der Waals surface area contributed by atoms with Crippen molar-refractivity contribution in [1.29, 1.82) is 0 Å². The van der Waals surface area contributed by atoms with Gasteiger partial charge >= 0.3 is 0 Å². The highest BCUT2D eigenvalue weighted by molar-refractivity contribution is 5.78. The van der Waals surface area contributed by atoms with Gasteiger partial charge in [0, 0.05) is 38.1 Å². The van der Waals surface area contributed by atoms with Crippen LogP contribution in [-0.2, 0) is 4.79 Å². The second kappa shape index (κ2) is 7.79. The van der Waals surface area contributed by atoms with Crippen LogP contribution in [0.1, 0.15) is 17.9 Å². The number of rotatable bonds is 5. The molecule has 2 atom stereocenters. The molecule has 2 unspecified atom stereocenters. The van der Waals surface area contributed by atoms with Gasteiger partial charge in [-0.3, -0.25) is 4.79 Å². The number of carbonyl (C=O) groups is 1. The molecule has 1 aliphatic carbocycles. The van der Waals surface area contributed by atoms with E-state index in [0.717, 1.165) is 43.7 Å². The van der Waals surface area contributed by atoms with E-state index in [1.807, 2.05) is 4.90 Å². The van der Waals surface area contributed by atoms with Gasteiger partial charge in [0.2, 0.25) is 5.91 Å². The molecule has 2 aromatic rings.